The van der Waals surface area contributed by atoms with Crippen molar-refractivity contribution >= 4 is 23.5 Å². The zero-order valence-electron chi connectivity index (χ0n) is 18.2. The van der Waals surface area contributed by atoms with Crippen molar-refractivity contribution in [2.45, 2.75) is 33.2 Å². The average molecular weight is 445 g/mol. The number of aryl methyl sites for hydroxylation is 1. The summed E-state index contributed by atoms with van der Waals surface area (Å²) in [6.07, 6.45) is 0. The summed E-state index contributed by atoms with van der Waals surface area (Å²) in [5.41, 5.74) is 2.74. The first-order valence-corrected chi connectivity index (χ1v) is 10.9. The third kappa shape index (κ3) is 5.77. The maximum absolute atomic E-state index is 12.7. The van der Waals surface area contributed by atoms with Gasteiger partial charge in [-0.2, -0.15) is 0 Å². The number of carboxylic acid groups (broad SMARTS) is 1. The van der Waals surface area contributed by atoms with Crippen LogP contribution in [0.2, 0.25) is 5.02 Å². The van der Waals surface area contributed by atoms with E-state index in [4.69, 9.17) is 16.3 Å². The van der Waals surface area contributed by atoms with E-state index in [1.54, 1.807) is 17.9 Å². The van der Waals surface area contributed by atoms with Gasteiger partial charge in [-0.25, -0.2) is 4.79 Å². The Labute approximate surface area is 188 Å². The summed E-state index contributed by atoms with van der Waals surface area (Å²) in [6, 6.07) is 11.5. The summed E-state index contributed by atoms with van der Waals surface area (Å²) in [5.74, 6) is -0.783. The molecule has 7 heteroatoms. The number of piperazine rings is 1. The van der Waals surface area contributed by atoms with Crippen LogP contribution in [0.15, 0.2) is 36.4 Å². The SMILES string of the molecule is Cc1ccc(C(C)C)c(OCC(=O)N2CCN(Cc3ccc(Cl)cc3)CC2)c1C(=O)O. The lowest BCUT2D eigenvalue weighted by Gasteiger charge is -2.34. The number of nitrogens with zero attached hydrogens (tertiary/aromatic N) is 2. The average Bonchev–Trinajstić information content (AvgIpc) is 2.73. The smallest absolute Gasteiger partial charge is 0.339 e. The van der Waals surface area contributed by atoms with Gasteiger partial charge < -0.3 is 14.7 Å². The fraction of sp³-hybridized carbons (Fsp3) is 0.417. The van der Waals surface area contributed by atoms with Crippen LogP contribution < -0.4 is 4.74 Å². The number of hydrogen-bond donors (Lipinski definition) is 1. The maximum Gasteiger partial charge on any atom is 0.339 e. The van der Waals surface area contributed by atoms with Crippen molar-refractivity contribution in [2.75, 3.05) is 32.8 Å². The van der Waals surface area contributed by atoms with E-state index in [-0.39, 0.29) is 24.0 Å². The lowest BCUT2D eigenvalue weighted by Crippen LogP contribution is -2.49. The molecule has 0 saturated carbocycles. The monoisotopic (exact) mass is 444 g/mol. The highest BCUT2D eigenvalue weighted by Gasteiger charge is 2.24. The van der Waals surface area contributed by atoms with Crippen LogP contribution in [0, 0.1) is 6.92 Å². The molecule has 1 heterocycles. The molecule has 166 valence electrons. The predicted octanol–water partition coefficient (Wildman–Crippen LogP) is 4.19. The topological polar surface area (TPSA) is 70.1 Å². The van der Waals surface area contributed by atoms with E-state index in [2.05, 4.69) is 4.90 Å². The van der Waals surface area contributed by atoms with Crippen molar-refractivity contribution in [1.29, 1.82) is 0 Å². The molecule has 0 aliphatic carbocycles. The first-order chi connectivity index (χ1) is 14.8. The third-order valence-electron chi connectivity index (χ3n) is 5.62. The molecule has 0 aromatic heterocycles. The molecule has 1 fully saturated rings. The standard InChI is InChI=1S/C24H29ClN2O4/c1-16(2)20-9-4-17(3)22(24(29)30)23(20)31-15-21(28)27-12-10-26(11-13-27)14-18-5-7-19(25)8-6-18/h4-9,16H,10-15H2,1-3H3,(H,29,30). The Balaban J connectivity index is 1.59. The highest BCUT2D eigenvalue weighted by atomic mass is 35.5. The molecule has 2 aromatic rings. The Morgan fingerprint density at radius 2 is 1.71 bits per heavy atom. The number of halogens is 1. The van der Waals surface area contributed by atoms with Gasteiger partial charge in [0.25, 0.3) is 5.91 Å². The van der Waals surface area contributed by atoms with Crippen LogP contribution >= 0.6 is 11.6 Å². The van der Waals surface area contributed by atoms with E-state index in [9.17, 15) is 14.7 Å². The lowest BCUT2D eigenvalue weighted by atomic mass is 9.96. The van der Waals surface area contributed by atoms with Crippen LogP contribution in [0.25, 0.3) is 0 Å². The first kappa shape index (κ1) is 23.1. The second kappa shape index (κ2) is 10.2. The Hall–Kier alpha value is -2.57. The van der Waals surface area contributed by atoms with E-state index in [1.807, 2.05) is 44.2 Å². The van der Waals surface area contributed by atoms with Gasteiger partial charge in [-0.05, 0) is 41.7 Å². The van der Waals surface area contributed by atoms with Crippen molar-refractivity contribution < 1.29 is 19.4 Å². The molecule has 0 radical (unpaired) electrons. The van der Waals surface area contributed by atoms with Crippen LogP contribution in [-0.2, 0) is 11.3 Å². The molecule has 2 aromatic carbocycles. The molecule has 31 heavy (non-hydrogen) atoms. The minimum absolute atomic E-state index is 0.0835. The number of carbonyl (C=O) groups is 2. The lowest BCUT2D eigenvalue weighted by molar-refractivity contribution is -0.135. The van der Waals surface area contributed by atoms with E-state index >= 15 is 0 Å². The normalized spacial score (nSPS) is 14.7. The number of hydrogen-bond acceptors (Lipinski definition) is 4. The number of rotatable bonds is 7. The minimum atomic E-state index is -1.04. The Morgan fingerprint density at radius 1 is 1.06 bits per heavy atom. The zero-order valence-corrected chi connectivity index (χ0v) is 19.0. The number of aromatic carboxylic acids is 1. The molecule has 1 amide bonds. The number of benzene rings is 2. The second-order valence-corrected chi connectivity index (χ2v) is 8.64. The summed E-state index contributed by atoms with van der Waals surface area (Å²) >= 11 is 5.94. The quantitative estimate of drug-likeness (QED) is 0.693. The van der Waals surface area contributed by atoms with Crippen LogP contribution in [0.3, 0.4) is 0 Å². The van der Waals surface area contributed by atoms with E-state index in [0.717, 1.165) is 30.2 Å². The van der Waals surface area contributed by atoms with Gasteiger partial charge >= 0.3 is 5.97 Å². The number of carbonyl (C=O) groups excluding carboxylic acids is 1. The second-order valence-electron chi connectivity index (χ2n) is 8.21. The Morgan fingerprint density at radius 3 is 2.29 bits per heavy atom. The van der Waals surface area contributed by atoms with Crippen LogP contribution in [-0.4, -0.2) is 59.6 Å². The van der Waals surface area contributed by atoms with E-state index in [1.165, 1.54) is 5.56 Å². The minimum Gasteiger partial charge on any atom is -0.483 e. The highest BCUT2D eigenvalue weighted by Crippen LogP contribution is 2.32. The molecule has 1 N–H and O–H groups in total. The van der Waals surface area contributed by atoms with Gasteiger partial charge in [-0.1, -0.05) is 49.7 Å². The van der Waals surface area contributed by atoms with Gasteiger partial charge in [0, 0.05) is 37.7 Å². The first-order valence-electron chi connectivity index (χ1n) is 10.5. The molecule has 0 unspecified atom stereocenters. The highest BCUT2D eigenvalue weighted by molar-refractivity contribution is 6.30. The fourth-order valence-electron chi connectivity index (χ4n) is 3.80. The molecular formula is C24H29ClN2O4. The van der Waals surface area contributed by atoms with Gasteiger partial charge in [0.2, 0.25) is 0 Å². The molecule has 0 bridgehead atoms. The maximum atomic E-state index is 12.7. The number of carboxylic acids is 1. The van der Waals surface area contributed by atoms with Crippen molar-refractivity contribution in [3.8, 4) is 5.75 Å². The van der Waals surface area contributed by atoms with Gasteiger partial charge in [0.1, 0.15) is 11.3 Å². The van der Waals surface area contributed by atoms with Gasteiger partial charge in [-0.3, -0.25) is 9.69 Å². The Bertz CT molecular complexity index is 935. The van der Waals surface area contributed by atoms with Crippen molar-refractivity contribution in [2.24, 2.45) is 0 Å². The number of ether oxygens (including phenoxy) is 1. The van der Waals surface area contributed by atoms with Gasteiger partial charge in [-0.15, -0.1) is 0 Å². The van der Waals surface area contributed by atoms with Crippen LogP contribution in [0.1, 0.15) is 46.8 Å². The summed E-state index contributed by atoms with van der Waals surface area (Å²) in [7, 11) is 0. The van der Waals surface area contributed by atoms with Crippen LogP contribution in [0.4, 0.5) is 0 Å². The molecular weight excluding hydrogens is 416 g/mol. The summed E-state index contributed by atoms with van der Waals surface area (Å²) in [4.78, 5) is 28.6. The largest absolute Gasteiger partial charge is 0.483 e. The summed E-state index contributed by atoms with van der Waals surface area (Å²) in [5, 5.41) is 10.4. The number of amides is 1. The third-order valence-corrected chi connectivity index (χ3v) is 5.87. The predicted molar refractivity (Wildman–Crippen MR) is 121 cm³/mol. The molecule has 1 aliphatic rings. The zero-order chi connectivity index (χ0) is 22.5. The van der Waals surface area contributed by atoms with E-state index < -0.39 is 5.97 Å². The molecule has 0 spiro atoms. The molecule has 1 saturated heterocycles. The van der Waals surface area contributed by atoms with Crippen molar-refractivity contribution in [3.63, 3.8) is 0 Å². The molecule has 3 rings (SSSR count). The van der Waals surface area contributed by atoms with E-state index in [0.29, 0.717) is 24.4 Å². The van der Waals surface area contributed by atoms with Crippen molar-refractivity contribution in [1.82, 2.24) is 9.80 Å². The fourth-order valence-corrected chi connectivity index (χ4v) is 3.93. The van der Waals surface area contributed by atoms with Gasteiger partial charge in [0.15, 0.2) is 6.61 Å². The molecule has 0 atom stereocenters. The summed E-state index contributed by atoms with van der Waals surface area (Å²) < 4.78 is 5.82. The Kier molecular flexibility index (Phi) is 7.57. The van der Waals surface area contributed by atoms with Crippen LogP contribution in [0.5, 0.6) is 5.75 Å². The van der Waals surface area contributed by atoms with Gasteiger partial charge in [0.05, 0.1) is 0 Å². The molecule has 1 aliphatic heterocycles. The summed E-state index contributed by atoms with van der Waals surface area (Å²) in [6.45, 7) is 9.13. The van der Waals surface area contributed by atoms with Crippen molar-refractivity contribution in [3.05, 3.63) is 63.7 Å². The molecule has 6 nitrogen and oxygen atoms in total.